The summed E-state index contributed by atoms with van der Waals surface area (Å²) in [7, 11) is 0. The zero-order valence-electron chi connectivity index (χ0n) is 27.5. The number of hydrogen-bond donors (Lipinski definition) is 0. The SMILES string of the molecule is c1ccc(-c2cccc(-c3nc(-c4ccc5c(c4)oc4ccccc45)nc(-c4ccc(-c5cccc6ccccc56)c5ccccc45)n3)c2)cc1. The molecule has 0 saturated heterocycles. The topological polar surface area (TPSA) is 51.8 Å². The van der Waals surface area contributed by atoms with Gasteiger partial charge in [-0.2, -0.15) is 0 Å². The van der Waals surface area contributed by atoms with E-state index >= 15 is 0 Å². The molecule has 0 saturated carbocycles. The fourth-order valence-corrected chi connectivity index (χ4v) is 7.28. The maximum absolute atomic E-state index is 6.28. The molecule has 0 atom stereocenters. The summed E-state index contributed by atoms with van der Waals surface area (Å²) in [6.07, 6.45) is 0. The van der Waals surface area contributed by atoms with E-state index in [9.17, 15) is 0 Å². The van der Waals surface area contributed by atoms with E-state index in [1.807, 2.05) is 30.3 Å². The summed E-state index contributed by atoms with van der Waals surface area (Å²) in [5.74, 6) is 1.81. The number of para-hydroxylation sites is 1. The van der Waals surface area contributed by atoms with Gasteiger partial charge in [0, 0.05) is 27.5 Å². The van der Waals surface area contributed by atoms with Crippen LogP contribution in [0.25, 0.3) is 99.9 Å². The fraction of sp³-hybridized carbons (Fsp3) is 0. The number of benzene rings is 8. The van der Waals surface area contributed by atoms with Gasteiger partial charge in [0.1, 0.15) is 11.2 Å². The Hall–Kier alpha value is -6.91. The number of nitrogens with zero attached hydrogens (tertiary/aromatic N) is 3. The molecule has 0 aliphatic heterocycles. The molecule has 4 nitrogen and oxygen atoms in total. The lowest BCUT2D eigenvalue weighted by Crippen LogP contribution is -2.01. The van der Waals surface area contributed by atoms with Gasteiger partial charge in [-0.15, -0.1) is 0 Å². The molecule has 0 aliphatic carbocycles. The summed E-state index contributed by atoms with van der Waals surface area (Å²) >= 11 is 0. The Morgan fingerprint density at radius 2 is 0.843 bits per heavy atom. The first-order chi connectivity index (χ1) is 25.3. The second-order valence-electron chi connectivity index (χ2n) is 12.8. The Balaban J connectivity index is 1.19. The van der Waals surface area contributed by atoms with Gasteiger partial charge in [-0.3, -0.25) is 0 Å². The molecule has 0 amide bonds. The monoisotopic (exact) mass is 651 g/mol. The van der Waals surface area contributed by atoms with Crippen LogP contribution in [-0.4, -0.2) is 15.0 Å². The van der Waals surface area contributed by atoms with Gasteiger partial charge in [0.25, 0.3) is 0 Å². The average molecular weight is 652 g/mol. The molecule has 8 aromatic carbocycles. The van der Waals surface area contributed by atoms with Gasteiger partial charge < -0.3 is 4.42 Å². The molecule has 0 N–H and O–H groups in total. The standard InChI is InChI=1S/C47H29N3O/c1-2-12-30(13-3-1)32-16-10-17-33(28-32)45-48-46(34-24-25-41-40-21-8-9-23-43(40)51-44(41)29-34)50-47(49-45)42-27-26-39(37-19-6-7-20-38(37)42)36-22-11-15-31-14-4-5-18-35(31)36/h1-29H. The van der Waals surface area contributed by atoms with Crippen LogP contribution in [0.5, 0.6) is 0 Å². The summed E-state index contributed by atoms with van der Waals surface area (Å²) in [6, 6.07) is 61.1. The molecule has 0 radical (unpaired) electrons. The predicted octanol–water partition coefficient (Wildman–Crippen LogP) is 12.4. The van der Waals surface area contributed by atoms with E-state index in [2.05, 4.69) is 146 Å². The van der Waals surface area contributed by atoms with Crippen molar-refractivity contribution < 1.29 is 4.42 Å². The zero-order valence-corrected chi connectivity index (χ0v) is 27.5. The van der Waals surface area contributed by atoms with Gasteiger partial charge in [0.15, 0.2) is 17.5 Å². The van der Waals surface area contributed by atoms with Gasteiger partial charge in [0.2, 0.25) is 0 Å². The fourth-order valence-electron chi connectivity index (χ4n) is 7.28. The van der Waals surface area contributed by atoms with E-state index < -0.39 is 0 Å². The maximum Gasteiger partial charge on any atom is 0.164 e. The van der Waals surface area contributed by atoms with Gasteiger partial charge in [-0.25, -0.2) is 15.0 Å². The lowest BCUT2D eigenvalue weighted by atomic mass is 9.92. The molecule has 10 aromatic rings. The Kier molecular flexibility index (Phi) is 6.78. The summed E-state index contributed by atoms with van der Waals surface area (Å²) < 4.78 is 6.28. The van der Waals surface area contributed by atoms with Gasteiger partial charge in [0.05, 0.1) is 0 Å². The molecule has 0 aliphatic rings. The average Bonchev–Trinajstić information content (AvgIpc) is 3.58. The number of fused-ring (bicyclic) bond motifs is 5. The number of aromatic nitrogens is 3. The van der Waals surface area contributed by atoms with E-state index in [0.29, 0.717) is 17.5 Å². The summed E-state index contributed by atoms with van der Waals surface area (Å²) in [5, 5.41) is 6.82. The van der Waals surface area contributed by atoms with Crippen LogP contribution in [0.15, 0.2) is 180 Å². The van der Waals surface area contributed by atoms with Crippen molar-refractivity contribution in [3.8, 4) is 56.4 Å². The van der Waals surface area contributed by atoms with Crippen molar-refractivity contribution in [1.29, 1.82) is 0 Å². The Labute approximate surface area is 294 Å². The minimum atomic E-state index is 0.588. The summed E-state index contributed by atoms with van der Waals surface area (Å²) in [6.45, 7) is 0. The van der Waals surface area contributed by atoms with Crippen molar-refractivity contribution in [2.24, 2.45) is 0 Å². The summed E-state index contributed by atoms with van der Waals surface area (Å²) in [5.41, 5.74) is 9.00. The van der Waals surface area contributed by atoms with E-state index in [1.54, 1.807) is 0 Å². The molecule has 0 unspecified atom stereocenters. The first kappa shape index (κ1) is 29.0. The first-order valence-electron chi connectivity index (χ1n) is 17.1. The second kappa shape index (κ2) is 11.9. The van der Waals surface area contributed by atoms with E-state index in [4.69, 9.17) is 19.4 Å². The van der Waals surface area contributed by atoms with Crippen LogP contribution in [0, 0.1) is 0 Å². The molecule has 2 aromatic heterocycles. The molecule has 51 heavy (non-hydrogen) atoms. The number of rotatable bonds is 5. The molecule has 10 rings (SSSR count). The van der Waals surface area contributed by atoms with Gasteiger partial charge in [-0.1, -0.05) is 146 Å². The van der Waals surface area contributed by atoms with Crippen molar-refractivity contribution >= 4 is 43.5 Å². The van der Waals surface area contributed by atoms with Crippen molar-refractivity contribution in [2.45, 2.75) is 0 Å². The molecule has 0 bridgehead atoms. The van der Waals surface area contributed by atoms with Crippen molar-refractivity contribution in [3.63, 3.8) is 0 Å². The highest BCUT2D eigenvalue weighted by molar-refractivity contribution is 6.09. The van der Waals surface area contributed by atoms with Crippen LogP contribution in [0.2, 0.25) is 0 Å². The molecule has 4 heteroatoms. The normalized spacial score (nSPS) is 11.5. The molecular formula is C47H29N3O. The highest BCUT2D eigenvalue weighted by Gasteiger charge is 2.18. The van der Waals surface area contributed by atoms with Crippen LogP contribution in [0.1, 0.15) is 0 Å². The van der Waals surface area contributed by atoms with Crippen LogP contribution in [0.4, 0.5) is 0 Å². The third-order valence-corrected chi connectivity index (χ3v) is 9.75. The lowest BCUT2D eigenvalue weighted by Gasteiger charge is -2.14. The third-order valence-electron chi connectivity index (χ3n) is 9.75. The van der Waals surface area contributed by atoms with Crippen LogP contribution < -0.4 is 0 Å². The van der Waals surface area contributed by atoms with Crippen molar-refractivity contribution in [3.05, 3.63) is 176 Å². The number of furan rings is 1. The molecular weight excluding hydrogens is 623 g/mol. The van der Waals surface area contributed by atoms with Crippen LogP contribution in [0.3, 0.4) is 0 Å². The minimum absolute atomic E-state index is 0.588. The largest absolute Gasteiger partial charge is 0.456 e. The van der Waals surface area contributed by atoms with E-state index in [-0.39, 0.29) is 0 Å². The minimum Gasteiger partial charge on any atom is -0.456 e. The van der Waals surface area contributed by atoms with Gasteiger partial charge >= 0.3 is 0 Å². The molecule has 2 heterocycles. The molecule has 0 fully saturated rings. The van der Waals surface area contributed by atoms with Crippen LogP contribution >= 0.6 is 0 Å². The van der Waals surface area contributed by atoms with Crippen molar-refractivity contribution in [1.82, 2.24) is 15.0 Å². The third kappa shape index (κ3) is 5.04. The summed E-state index contributed by atoms with van der Waals surface area (Å²) in [4.78, 5) is 15.5. The Bertz CT molecular complexity index is 2920. The van der Waals surface area contributed by atoms with Gasteiger partial charge in [-0.05, 0) is 74.1 Å². The first-order valence-corrected chi connectivity index (χ1v) is 17.1. The predicted molar refractivity (Wildman–Crippen MR) is 209 cm³/mol. The van der Waals surface area contributed by atoms with Crippen LogP contribution in [-0.2, 0) is 0 Å². The highest BCUT2D eigenvalue weighted by Crippen LogP contribution is 2.39. The zero-order chi connectivity index (χ0) is 33.7. The van der Waals surface area contributed by atoms with E-state index in [1.165, 1.54) is 21.9 Å². The molecule has 0 spiro atoms. The maximum atomic E-state index is 6.28. The van der Waals surface area contributed by atoms with E-state index in [0.717, 1.165) is 60.5 Å². The Morgan fingerprint density at radius 1 is 0.294 bits per heavy atom. The van der Waals surface area contributed by atoms with Crippen molar-refractivity contribution in [2.75, 3.05) is 0 Å². The Morgan fingerprint density at radius 3 is 1.69 bits per heavy atom. The quantitative estimate of drug-likeness (QED) is 0.186. The smallest absolute Gasteiger partial charge is 0.164 e. The highest BCUT2D eigenvalue weighted by atomic mass is 16.3. The second-order valence-corrected chi connectivity index (χ2v) is 12.8. The number of hydrogen-bond acceptors (Lipinski definition) is 4. The molecule has 238 valence electrons. The lowest BCUT2D eigenvalue weighted by molar-refractivity contribution is 0.669.